The molecule has 0 unspecified atom stereocenters. The van der Waals surface area contributed by atoms with Crippen molar-refractivity contribution in [3.05, 3.63) is 75.2 Å². The zero-order chi connectivity index (χ0) is 19.9. The zero-order valence-corrected chi connectivity index (χ0v) is 17.2. The lowest BCUT2D eigenvalue weighted by Gasteiger charge is -2.03. The van der Waals surface area contributed by atoms with Gasteiger partial charge in [0, 0.05) is 6.54 Å². The summed E-state index contributed by atoms with van der Waals surface area (Å²) in [5.74, 6) is 0.536. The average molecular weight is 414 g/mol. The van der Waals surface area contributed by atoms with Crippen molar-refractivity contribution in [2.45, 2.75) is 20.4 Å². The second-order valence-electron chi connectivity index (χ2n) is 6.07. The lowest BCUT2D eigenvalue weighted by atomic mass is 10.1. The molecule has 0 saturated heterocycles. The molecule has 0 aliphatic heterocycles. The number of hydrogen-bond donors (Lipinski definition) is 1. The number of nitrogens with zero attached hydrogens (tertiary/aromatic N) is 2. The molecule has 1 amide bonds. The summed E-state index contributed by atoms with van der Waals surface area (Å²) in [5.41, 5.74) is 3.11. The molecule has 5 nitrogen and oxygen atoms in total. The van der Waals surface area contributed by atoms with Crippen LogP contribution in [0.15, 0.2) is 48.5 Å². The first-order chi connectivity index (χ1) is 13.5. The Morgan fingerprint density at radius 3 is 2.46 bits per heavy atom. The lowest BCUT2D eigenvalue weighted by molar-refractivity contribution is 0.0950. The molecule has 0 atom stereocenters. The summed E-state index contributed by atoms with van der Waals surface area (Å²) in [5, 5.41) is 12.0. The average Bonchev–Trinajstić information content (AvgIpc) is 3.19. The van der Waals surface area contributed by atoms with Crippen LogP contribution in [-0.4, -0.2) is 22.7 Å². The molecule has 3 aromatic rings. The van der Waals surface area contributed by atoms with Crippen molar-refractivity contribution in [1.82, 2.24) is 15.5 Å². The predicted molar refractivity (Wildman–Crippen MR) is 114 cm³/mol. The fraction of sp³-hybridized carbons (Fsp3) is 0.190. The summed E-state index contributed by atoms with van der Waals surface area (Å²) in [6.07, 6.45) is 1.78. The minimum Gasteiger partial charge on any atom is -0.494 e. The van der Waals surface area contributed by atoms with Gasteiger partial charge >= 0.3 is 0 Å². The van der Waals surface area contributed by atoms with Crippen LogP contribution in [0.2, 0.25) is 0 Å². The van der Waals surface area contributed by atoms with E-state index in [1.165, 1.54) is 5.56 Å². The van der Waals surface area contributed by atoms with Crippen molar-refractivity contribution in [2.24, 2.45) is 0 Å². The Labute approximate surface area is 173 Å². The van der Waals surface area contributed by atoms with E-state index in [1.54, 1.807) is 6.08 Å². The fourth-order valence-electron chi connectivity index (χ4n) is 2.41. The molecule has 7 heteroatoms. The molecular formula is C21H20ClN3O2S. The molecule has 0 radical (unpaired) electrons. The van der Waals surface area contributed by atoms with E-state index in [1.807, 2.05) is 62.4 Å². The van der Waals surface area contributed by atoms with Crippen molar-refractivity contribution in [1.29, 1.82) is 0 Å². The van der Waals surface area contributed by atoms with E-state index >= 15 is 0 Å². The largest absolute Gasteiger partial charge is 0.494 e. The third-order valence-corrected chi connectivity index (χ3v) is 5.24. The van der Waals surface area contributed by atoms with E-state index < -0.39 is 0 Å². The zero-order valence-electron chi connectivity index (χ0n) is 15.6. The van der Waals surface area contributed by atoms with Gasteiger partial charge in [0.05, 0.1) is 11.6 Å². The molecule has 0 spiro atoms. The number of rotatable bonds is 7. The summed E-state index contributed by atoms with van der Waals surface area (Å²) in [7, 11) is 0. The SMILES string of the molecule is CCOc1ccc(/C=C(/Cl)c2nnc(C(=O)NCc3ccc(C)cc3)s2)cc1. The first-order valence-corrected chi connectivity index (χ1v) is 10.0. The number of aromatic nitrogens is 2. The van der Waals surface area contributed by atoms with E-state index in [2.05, 4.69) is 15.5 Å². The van der Waals surface area contributed by atoms with Gasteiger partial charge in [-0.3, -0.25) is 4.79 Å². The van der Waals surface area contributed by atoms with Crippen molar-refractivity contribution < 1.29 is 9.53 Å². The van der Waals surface area contributed by atoms with E-state index in [0.717, 1.165) is 28.2 Å². The number of ether oxygens (including phenoxy) is 1. The normalized spacial score (nSPS) is 11.3. The number of carbonyl (C=O) groups is 1. The lowest BCUT2D eigenvalue weighted by Crippen LogP contribution is -2.22. The Bertz CT molecular complexity index is 966. The Morgan fingerprint density at radius 2 is 1.79 bits per heavy atom. The van der Waals surface area contributed by atoms with Gasteiger partial charge in [0.1, 0.15) is 5.75 Å². The van der Waals surface area contributed by atoms with Gasteiger partial charge in [-0.15, -0.1) is 10.2 Å². The third-order valence-electron chi connectivity index (χ3n) is 3.88. The number of amides is 1. The van der Waals surface area contributed by atoms with Crippen molar-refractivity contribution in [2.75, 3.05) is 6.61 Å². The Morgan fingerprint density at radius 1 is 1.11 bits per heavy atom. The highest BCUT2D eigenvalue weighted by Crippen LogP contribution is 2.26. The van der Waals surface area contributed by atoms with Crippen LogP contribution >= 0.6 is 22.9 Å². The molecule has 0 bridgehead atoms. The second-order valence-corrected chi connectivity index (χ2v) is 7.46. The minimum absolute atomic E-state index is 0.269. The van der Waals surface area contributed by atoms with Gasteiger partial charge in [-0.25, -0.2) is 0 Å². The number of aryl methyl sites for hydroxylation is 1. The number of halogens is 1. The summed E-state index contributed by atoms with van der Waals surface area (Å²) < 4.78 is 5.42. The Kier molecular flexibility index (Phi) is 6.79. The maximum atomic E-state index is 12.3. The van der Waals surface area contributed by atoms with Crippen LogP contribution < -0.4 is 10.1 Å². The van der Waals surface area contributed by atoms with Crippen LogP contribution in [0.3, 0.4) is 0 Å². The standard InChI is InChI=1S/C21H20ClN3O2S/c1-3-27-17-10-8-15(9-11-17)12-18(22)20-24-25-21(28-20)19(26)23-13-16-6-4-14(2)5-7-16/h4-12H,3,13H2,1-2H3,(H,23,26)/b18-12+. The molecule has 144 valence electrons. The molecule has 1 N–H and O–H groups in total. The van der Waals surface area contributed by atoms with E-state index in [4.69, 9.17) is 16.3 Å². The van der Waals surface area contributed by atoms with E-state index in [9.17, 15) is 4.79 Å². The number of benzene rings is 2. The van der Waals surface area contributed by atoms with Gasteiger partial charge in [0.15, 0.2) is 5.01 Å². The molecule has 3 rings (SSSR count). The van der Waals surface area contributed by atoms with E-state index in [0.29, 0.717) is 23.2 Å². The predicted octanol–water partition coefficient (Wildman–Crippen LogP) is 4.91. The summed E-state index contributed by atoms with van der Waals surface area (Å²) in [6.45, 7) is 5.02. The molecule has 0 saturated carbocycles. The summed E-state index contributed by atoms with van der Waals surface area (Å²) in [6, 6.07) is 15.6. The van der Waals surface area contributed by atoms with Gasteiger partial charge < -0.3 is 10.1 Å². The Balaban J connectivity index is 1.63. The molecule has 1 heterocycles. The molecular weight excluding hydrogens is 394 g/mol. The number of carbonyl (C=O) groups excluding carboxylic acids is 1. The van der Waals surface area contributed by atoms with Gasteiger partial charge in [-0.2, -0.15) is 0 Å². The molecule has 0 aliphatic rings. The van der Waals surface area contributed by atoms with E-state index in [-0.39, 0.29) is 10.9 Å². The van der Waals surface area contributed by atoms with Crippen molar-refractivity contribution in [3.63, 3.8) is 0 Å². The maximum Gasteiger partial charge on any atom is 0.282 e. The highest BCUT2D eigenvalue weighted by Gasteiger charge is 2.14. The van der Waals surface area contributed by atoms with Gasteiger partial charge in [0.2, 0.25) is 5.01 Å². The van der Waals surface area contributed by atoms with Gasteiger partial charge in [0.25, 0.3) is 5.91 Å². The van der Waals surface area contributed by atoms with Crippen LogP contribution in [-0.2, 0) is 6.54 Å². The number of hydrogen-bond acceptors (Lipinski definition) is 5. The molecule has 0 aliphatic carbocycles. The maximum absolute atomic E-state index is 12.3. The van der Waals surface area contributed by atoms with Crippen molar-refractivity contribution >= 4 is 40.0 Å². The molecule has 1 aromatic heterocycles. The summed E-state index contributed by atoms with van der Waals surface area (Å²) in [4.78, 5) is 12.3. The molecule has 2 aromatic carbocycles. The Hall–Kier alpha value is -2.70. The van der Waals surface area contributed by atoms with Crippen LogP contribution in [0.25, 0.3) is 11.1 Å². The van der Waals surface area contributed by atoms with Gasteiger partial charge in [-0.05, 0) is 43.2 Å². The highest BCUT2D eigenvalue weighted by molar-refractivity contribution is 7.15. The quantitative estimate of drug-likeness (QED) is 0.597. The van der Waals surface area contributed by atoms with Crippen LogP contribution in [0.5, 0.6) is 5.75 Å². The number of nitrogens with one attached hydrogen (secondary N) is 1. The second kappa shape index (κ2) is 9.48. The molecule has 0 fully saturated rings. The first-order valence-electron chi connectivity index (χ1n) is 8.83. The van der Waals surface area contributed by atoms with Gasteiger partial charge in [-0.1, -0.05) is 64.9 Å². The monoisotopic (exact) mass is 413 g/mol. The minimum atomic E-state index is -0.269. The smallest absolute Gasteiger partial charge is 0.282 e. The first kappa shape index (κ1) is 20.0. The van der Waals surface area contributed by atoms with Crippen LogP contribution in [0.1, 0.15) is 38.4 Å². The topological polar surface area (TPSA) is 64.1 Å². The van der Waals surface area contributed by atoms with Crippen LogP contribution in [0.4, 0.5) is 0 Å². The fourth-order valence-corrected chi connectivity index (χ4v) is 3.36. The van der Waals surface area contributed by atoms with Crippen LogP contribution in [0, 0.1) is 6.92 Å². The third kappa shape index (κ3) is 5.41. The highest BCUT2D eigenvalue weighted by atomic mass is 35.5. The summed E-state index contributed by atoms with van der Waals surface area (Å²) >= 11 is 7.51. The molecule has 28 heavy (non-hydrogen) atoms. The van der Waals surface area contributed by atoms with Crippen molar-refractivity contribution in [3.8, 4) is 5.75 Å².